The number of ether oxygens (including phenoxy) is 1. The smallest absolute Gasteiger partial charge is 0.262 e. The molecule has 0 radical (unpaired) electrons. The van der Waals surface area contributed by atoms with Crippen LogP contribution < -0.4 is 15.8 Å². The summed E-state index contributed by atoms with van der Waals surface area (Å²) in [5.41, 5.74) is 8.77. The van der Waals surface area contributed by atoms with Crippen molar-refractivity contribution in [1.29, 1.82) is 0 Å². The fourth-order valence-corrected chi connectivity index (χ4v) is 2.57. The molecule has 0 heterocycles. The molecule has 2 rings (SSSR count). The average molecular weight is 339 g/mol. The van der Waals surface area contributed by atoms with Gasteiger partial charge < -0.3 is 15.8 Å². The third kappa shape index (κ3) is 4.06. The largest absolute Gasteiger partial charge is 0.482 e. The quantitative estimate of drug-likeness (QED) is 0.820. The highest BCUT2D eigenvalue weighted by atomic mass is 35.5. The van der Waals surface area contributed by atoms with Gasteiger partial charge in [-0.25, -0.2) is 0 Å². The van der Waals surface area contributed by atoms with Crippen molar-refractivity contribution in [2.45, 2.75) is 13.8 Å². The fourth-order valence-electron chi connectivity index (χ4n) is 1.92. The molecule has 0 fully saturated rings. The summed E-state index contributed by atoms with van der Waals surface area (Å²) in [7, 11) is 0. The zero-order chi connectivity index (χ0) is 16.3. The first-order valence-electron chi connectivity index (χ1n) is 6.61. The normalized spacial score (nSPS) is 10.4. The summed E-state index contributed by atoms with van der Waals surface area (Å²) >= 11 is 11.9. The fraction of sp³-hybridized carbons (Fsp3) is 0.188. The van der Waals surface area contributed by atoms with E-state index in [0.29, 0.717) is 27.2 Å². The van der Waals surface area contributed by atoms with Gasteiger partial charge >= 0.3 is 0 Å². The third-order valence-corrected chi connectivity index (χ3v) is 3.60. The minimum absolute atomic E-state index is 0.157. The van der Waals surface area contributed by atoms with Crippen molar-refractivity contribution in [2.75, 3.05) is 17.7 Å². The number of carbonyl (C=O) groups excluding carboxylic acids is 1. The predicted octanol–water partition coefficient (Wildman–Crippen LogP) is 4.21. The van der Waals surface area contributed by atoms with Crippen LogP contribution in [0.15, 0.2) is 30.3 Å². The summed E-state index contributed by atoms with van der Waals surface area (Å²) in [6.45, 7) is 3.55. The highest BCUT2D eigenvalue weighted by Gasteiger charge is 2.10. The minimum Gasteiger partial charge on any atom is -0.482 e. The second-order valence-corrected chi connectivity index (χ2v) is 5.79. The lowest BCUT2D eigenvalue weighted by molar-refractivity contribution is -0.118. The zero-order valence-electron chi connectivity index (χ0n) is 12.2. The van der Waals surface area contributed by atoms with Crippen molar-refractivity contribution in [3.63, 3.8) is 0 Å². The summed E-state index contributed by atoms with van der Waals surface area (Å²) in [4.78, 5) is 11.9. The van der Waals surface area contributed by atoms with Gasteiger partial charge in [-0.2, -0.15) is 0 Å². The zero-order valence-corrected chi connectivity index (χ0v) is 13.8. The number of nitrogens with one attached hydrogen (secondary N) is 1. The lowest BCUT2D eigenvalue weighted by atomic mass is 10.2. The summed E-state index contributed by atoms with van der Waals surface area (Å²) in [6.07, 6.45) is 0. The van der Waals surface area contributed by atoms with Crippen molar-refractivity contribution >= 4 is 40.5 Å². The number of nitrogen functional groups attached to an aromatic ring is 1. The lowest BCUT2D eigenvalue weighted by Crippen LogP contribution is -2.20. The van der Waals surface area contributed by atoms with Crippen LogP contribution in [0.4, 0.5) is 11.4 Å². The molecule has 0 aliphatic carbocycles. The van der Waals surface area contributed by atoms with E-state index in [1.165, 1.54) is 0 Å². The molecule has 0 saturated heterocycles. The van der Waals surface area contributed by atoms with Crippen LogP contribution in [0.1, 0.15) is 11.1 Å². The molecule has 116 valence electrons. The Morgan fingerprint density at radius 3 is 2.55 bits per heavy atom. The number of hydrogen-bond donors (Lipinski definition) is 2. The van der Waals surface area contributed by atoms with Gasteiger partial charge in [0.05, 0.1) is 5.02 Å². The Kier molecular flexibility index (Phi) is 5.16. The highest BCUT2D eigenvalue weighted by Crippen LogP contribution is 2.31. The average Bonchev–Trinajstić information content (AvgIpc) is 2.41. The highest BCUT2D eigenvalue weighted by molar-refractivity contribution is 6.35. The van der Waals surface area contributed by atoms with Gasteiger partial charge in [-0.1, -0.05) is 29.3 Å². The number of amides is 1. The Labute approximate surface area is 139 Å². The van der Waals surface area contributed by atoms with E-state index >= 15 is 0 Å². The number of benzene rings is 2. The first-order valence-corrected chi connectivity index (χ1v) is 7.37. The van der Waals surface area contributed by atoms with E-state index < -0.39 is 0 Å². The van der Waals surface area contributed by atoms with E-state index in [4.69, 9.17) is 33.7 Å². The van der Waals surface area contributed by atoms with E-state index in [1.807, 2.05) is 19.9 Å². The van der Waals surface area contributed by atoms with Gasteiger partial charge in [0.25, 0.3) is 5.91 Å². The maximum atomic E-state index is 11.9. The van der Waals surface area contributed by atoms with Gasteiger partial charge in [0, 0.05) is 16.4 Å². The molecule has 0 spiro atoms. The number of hydrogen-bond acceptors (Lipinski definition) is 3. The molecule has 6 heteroatoms. The summed E-state index contributed by atoms with van der Waals surface area (Å²) in [5, 5.41) is 3.61. The Morgan fingerprint density at radius 2 is 1.91 bits per heavy atom. The second-order valence-electron chi connectivity index (χ2n) is 4.94. The Morgan fingerprint density at radius 1 is 1.18 bits per heavy atom. The molecule has 0 unspecified atom stereocenters. The van der Waals surface area contributed by atoms with Crippen molar-refractivity contribution < 1.29 is 9.53 Å². The van der Waals surface area contributed by atoms with Gasteiger partial charge in [-0.05, 0) is 49.2 Å². The van der Waals surface area contributed by atoms with Crippen molar-refractivity contribution in [1.82, 2.24) is 0 Å². The molecular formula is C16H16Cl2N2O2. The topological polar surface area (TPSA) is 64.3 Å². The number of rotatable bonds is 4. The molecular weight excluding hydrogens is 323 g/mol. The van der Waals surface area contributed by atoms with E-state index in [9.17, 15) is 4.79 Å². The second kappa shape index (κ2) is 6.90. The molecule has 3 N–H and O–H groups in total. The Bertz CT molecular complexity index is 694. The van der Waals surface area contributed by atoms with Crippen LogP contribution in [0.25, 0.3) is 0 Å². The number of anilines is 2. The number of carbonyl (C=O) groups is 1. The number of halogens is 2. The van der Waals surface area contributed by atoms with Crippen LogP contribution in [-0.2, 0) is 4.79 Å². The number of nitrogens with two attached hydrogens (primary N) is 1. The molecule has 2 aromatic carbocycles. The first-order chi connectivity index (χ1) is 10.4. The van der Waals surface area contributed by atoms with Crippen LogP contribution in [0.2, 0.25) is 10.0 Å². The van der Waals surface area contributed by atoms with Gasteiger partial charge in [0.1, 0.15) is 5.75 Å². The molecule has 1 amide bonds. The standard InChI is InChI=1S/C16H16Cl2N2O2/c1-9-3-4-12(7-14(9)19)20-15(21)8-22-16-10(2)5-11(17)6-13(16)18/h3-7H,8,19H2,1-2H3,(H,20,21). The van der Waals surface area contributed by atoms with E-state index in [1.54, 1.807) is 24.3 Å². The van der Waals surface area contributed by atoms with Crippen LogP contribution in [0, 0.1) is 13.8 Å². The molecule has 0 aromatic heterocycles. The maximum absolute atomic E-state index is 11.9. The minimum atomic E-state index is -0.298. The van der Waals surface area contributed by atoms with E-state index in [2.05, 4.69) is 5.32 Å². The van der Waals surface area contributed by atoms with E-state index in [0.717, 1.165) is 11.1 Å². The van der Waals surface area contributed by atoms with Gasteiger partial charge in [0.15, 0.2) is 6.61 Å². The lowest BCUT2D eigenvalue weighted by Gasteiger charge is -2.12. The third-order valence-electron chi connectivity index (χ3n) is 3.10. The molecule has 4 nitrogen and oxygen atoms in total. The van der Waals surface area contributed by atoms with Crippen LogP contribution in [0.3, 0.4) is 0 Å². The SMILES string of the molecule is Cc1ccc(NC(=O)COc2c(C)cc(Cl)cc2Cl)cc1N. The van der Waals surface area contributed by atoms with Crippen molar-refractivity contribution in [3.8, 4) is 5.75 Å². The molecule has 0 atom stereocenters. The van der Waals surface area contributed by atoms with Gasteiger partial charge in [-0.3, -0.25) is 4.79 Å². The maximum Gasteiger partial charge on any atom is 0.262 e. The molecule has 0 aliphatic heterocycles. The Balaban J connectivity index is 2.00. The van der Waals surface area contributed by atoms with Gasteiger partial charge in [0.2, 0.25) is 0 Å². The van der Waals surface area contributed by atoms with Crippen LogP contribution in [0.5, 0.6) is 5.75 Å². The molecule has 0 saturated carbocycles. The van der Waals surface area contributed by atoms with Gasteiger partial charge in [-0.15, -0.1) is 0 Å². The number of aryl methyl sites for hydroxylation is 2. The van der Waals surface area contributed by atoms with Crippen molar-refractivity contribution in [3.05, 3.63) is 51.5 Å². The molecule has 0 bridgehead atoms. The summed E-state index contributed by atoms with van der Waals surface area (Å²) < 4.78 is 5.48. The van der Waals surface area contributed by atoms with E-state index in [-0.39, 0.29) is 12.5 Å². The van der Waals surface area contributed by atoms with Crippen LogP contribution >= 0.6 is 23.2 Å². The molecule has 0 aliphatic rings. The summed E-state index contributed by atoms with van der Waals surface area (Å²) in [5.74, 6) is 0.151. The Hall–Kier alpha value is -1.91. The summed E-state index contributed by atoms with van der Waals surface area (Å²) in [6, 6.07) is 8.62. The monoisotopic (exact) mass is 338 g/mol. The molecule has 2 aromatic rings. The molecule has 22 heavy (non-hydrogen) atoms. The predicted molar refractivity (Wildman–Crippen MR) is 90.9 cm³/mol. The van der Waals surface area contributed by atoms with Crippen LogP contribution in [-0.4, -0.2) is 12.5 Å². The first kappa shape index (κ1) is 16.5. The van der Waals surface area contributed by atoms with Crippen molar-refractivity contribution in [2.24, 2.45) is 0 Å².